The largest absolute Gasteiger partial charge is 0.363 e. The Morgan fingerprint density at radius 1 is 1.00 bits per heavy atom. The molecule has 0 unspecified atom stereocenters. The molecular weight excluding hydrogens is 390 g/mol. The predicted molar refractivity (Wildman–Crippen MR) is 128 cm³/mol. The van der Waals surface area contributed by atoms with Crippen LogP contribution in [0.2, 0.25) is 0 Å². The van der Waals surface area contributed by atoms with Gasteiger partial charge in [-0.15, -0.1) is 11.3 Å². The molecule has 0 radical (unpaired) electrons. The predicted octanol–water partition coefficient (Wildman–Crippen LogP) is 4.07. The van der Waals surface area contributed by atoms with Gasteiger partial charge in [0.2, 0.25) is 0 Å². The van der Waals surface area contributed by atoms with Crippen molar-refractivity contribution in [3.8, 4) is 0 Å². The molecule has 6 heteroatoms. The van der Waals surface area contributed by atoms with E-state index in [1.165, 1.54) is 48.5 Å². The van der Waals surface area contributed by atoms with Crippen LogP contribution in [0.15, 0.2) is 46.8 Å². The first-order chi connectivity index (χ1) is 14.8. The molecule has 0 bridgehead atoms. The van der Waals surface area contributed by atoms with Gasteiger partial charge in [-0.3, -0.25) is 9.89 Å². The van der Waals surface area contributed by atoms with Gasteiger partial charge in [0.25, 0.3) is 0 Å². The SMILES string of the molecule is CN=C(NCc1ccc(CN2CCCCC2)cc1)NC1CCN(c2cccs2)CC1. The number of benzene rings is 1. The summed E-state index contributed by atoms with van der Waals surface area (Å²) >= 11 is 1.83. The van der Waals surface area contributed by atoms with Crippen LogP contribution in [0.3, 0.4) is 0 Å². The van der Waals surface area contributed by atoms with E-state index in [1.807, 2.05) is 18.4 Å². The van der Waals surface area contributed by atoms with Crippen LogP contribution in [0.4, 0.5) is 5.00 Å². The van der Waals surface area contributed by atoms with Crippen LogP contribution in [-0.4, -0.2) is 50.1 Å². The second-order valence-corrected chi connectivity index (χ2v) is 9.36. The van der Waals surface area contributed by atoms with Gasteiger partial charge in [-0.05, 0) is 67.4 Å². The number of anilines is 1. The number of hydrogen-bond acceptors (Lipinski definition) is 4. The molecule has 2 N–H and O–H groups in total. The minimum atomic E-state index is 0.485. The number of rotatable bonds is 6. The number of guanidine groups is 1. The number of likely N-dealkylation sites (tertiary alicyclic amines) is 1. The Morgan fingerprint density at radius 3 is 2.40 bits per heavy atom. The van der Waals surface area contributed by atoms with Crippen molar-refractivity contribution in [3.63, 3.8) is 0 Å². The van der Waals surface area contributed by atoms with E-state index in [1.54, 1.807) is 0 Å². The normalized spacial score (nSPS) is 19.1. The summed E-state index contributed by atoms with van der Waals surface area (Å²) in [6, 6.07) is 13.9. The van der Waals surface area contributed by atoms with Crippen LogP contribution in [0.5, 0.6) is 0 Å². The number of thiophene rings is 1. The summed E-state index contributed by atoms with van der Waals surface area (Å²) in [6.07, 6.45) is 6.38. The molecule has 2 fully saturated rings. The molecule has 1 aromatic heterocycles. The van der Waals surface area contributed by atoms with Gasteiger partial charge in [0, 0.05) is 39.3 Å². The highest BCUT2D eigenvalue weighted by molar-refractivity contribution is 7.14. The van der Waals surface area contributed by atoms with Gasteiger partial charge in [-0.2, -0.15) is 0 Å². The Balaban J connectivity index is 1.20. The topological polar surface area (TPSA) is 42.9 Å². The maximum absolute atomic E-state index is 4.44. The van der Waals surface area contributed by atoms with Crippen molar-refractivity contribution < 1.29 is 0 Å². The molecule has 2 aliphatic heterocycles. The van der Waals surface area contributed by atoms with Crippen LogP contribution in [-0.2, 0) is 13.1 Å². The summed E-state index contributed by atoms with van der Waals surface area (Å²) in [7, 11) is 1.86. The van der Waals surface area contributed by atoms with Gasteiger partial charge in [0.1, 0.15) is 0 Å². The van der Waals surface area contributed by atoms with Crippen molar-refractivity contribution in [1.82, 2.24) is 15.5 Å². The first kappa shape index (κ1) is 21.2. The number of nitrogens with zero attached hydrogens (tertiary/aromatic N) is 3. The number of piperidine rings is 2. The first-order valence-electron chi connectivity index (χ1n) is 11.4. The van der Waals surface area contributed by atoms with Gasteiger partial charge in [-0.25, -0.2) is 0 Å². The summed E-state index contributed by atoms with van der Waals surface area (Å²) in [5, 5.41) is 10.7. The van der Waals surface area contributed by atoms with Crippen molar-refractivity contribution in [2.24, 2.45) is 4.99 Å². The molecule has 0 saturated carbocycles. The molecule has 162 valence electrons. The number of hydrogen-bond donors (Lipinski definition) is 2. The summed E-state index contributed by atoms with van der Waals surface area (Å²) < 4.78 is 0. The lowest BCUT2D eigenvalue weighted by atomic mass is 10.1. The molecule has 0 spiro atoms. The molecule has 30 heavy (non-hydrogen) atoms. The third kappa shape index (κ3) is 5.99. The average molecular weight is 426 g/mol. The Labute approximate surface area is 185 Å². The highest BCUT2D eigenvalue weighted by Gasteiger charge is 2.20. The van der Waals surface area contributed by atoms with Crippen molar-refractivity contribution in [2.75, 3.05) is 38.1 Å². The van der Waals surface area contributed by atoms with Gasteiger partial charge in [0.05, 0.1) is 5.00 Å². The van der Waals surface area contributed by atoms with Gasteiger partial charge < -0.3 is 15.5 Å². The Kier molecular flexibility index (Phi) is 7.65. The van der Waals surface area contributed by atoms with Crippen molar-refractivity contribution in [3.05, 3.63) is 52.9 Å². The molecule has 5 nitrogen and oxygen atoms in total. The third-order valence-electron chi connectivity index (χ3n) is 6.22. The quantitative estimate of drug-likeness (QED) is 0.541. The van der Waals surface area contributed by atoms with E-state index in [2.05, 4.69) is 67.2 Å². The molecular formula is C24H35N5S. The fourth-order valence-electron chi connectivity index (χ4n) is 4.41. The fourth-order valence-corrected chi connectivity index (χ4v) is 5.19. The second kappa shape index (κ2) is 10.8. The molecule has 1 aromatic carbocycles. The lowest BCUT2D eigenvalue weighted by molar-refractivity contribution is 0.221. The molecule has 3 heterocycles. The average Bonchev–Trinajstić information content (AvgIpc) is 3.34. The molecule has 0 atom stereocenters. The second-order valence-electron chi connectivity index (χ2n) is 8.44. The van der Waals surface area contributed by atoms with E-state index in [9.17, 15) is 0 Å². The zero-order chi connectivity index (χ0) is 20.6. The van der Waals surface area contributed by atoms with E-state index in [0.717, 1.165) is 45.0 Å². The Bertz CT molecular complexity index is 772. The third-order valence-corrected chi connectivity index (χ3v) is 7.14. The van der Waals surface area contributed by atoms with Crippen LogP contribution in [0.1, 0.15) is 43.2 Å². The standard InChI is InChI=1S/C24H35N5S/c1-25-24(27-22-11-15-29(16-12-22)23-6-5-17-30-23)26-18-20-7-9-21(10-8-20)19-28-13-3-2-4-14-28/h5-10,17,22H,2-4,11-16,18-19H2,1H3,(H2,25,26,27). The smallest absolute Gasteiger partial charge is 0.191 e. The Morgan fingerprint density at radius 2 is 1.73 bits per heavy atom. The molecule has 4 rings (SSSR count). The van der Waals surface area contributed by atoms with E-state index >= 15 is 0 Å². The Hall–Kier alpha value is -2.05. The summed E-state index contributed by atoms with van der Waals surface area (Å²) in [4.78, 5) is 9.50. The minimum Gasteiger partial charge on any atom is -0.363 e. The van der Waals surface area contributed by atoms with Gasteiger partial charge in [-0.1, -0.05) is 30.7 Å². The summed E-state index contributed by atoms with van der Waals surface area (Å²) in [6.45, 7) is 6.59. The van der Waals surface area contributed by atoms with Crippen molar-refractivity contribution >= 4 is 22.3 Å². The van der Waals surface area contributed by atoms with Crippen LogP contribution in [0, 0.1) is 0 Å². The maximum Gasteiger partial charge on any atom is 0.191 e. The number of aliphatic imine (C=N–C) groups is 1. The van der Waals surface area contributed by atoms with E-state index in [0.29, 0.717) is 6.04 Å². The molecule has 2 aliphatic rings. The minimum absolute atomic E-state index is 0.485. The lowest BCUT2D eigenvalue weighted by Crippen LogP contribution is -2.48. The molecule has 0 aliphatic carbocycles. The molecule has 2 saturated heterocycles. The summed E-state index contributed by atoms with van der Waals surface area (Å²) in [5.41, 5.74) is 2.72. The van der Waals surface area contributed by atoms with E-state index in [4.69, 9.17) is 0 Å². The highest BCUT2D eigenvalue weighted by atomic mass is 32.1. The lowest BCUT2D eigenvalue weighted by Gasteiger charge is -2.33. The number of nitrogens with one attached hydrogen (secondary N) is 2. The van der Waals surface area contributed by atoms with Crippen LogP contribution >= 0.6 is 11.3 Å². The highest BCUT2D eigenvalue weighted by Crippen LogP contribution is 2.24. The van der Waals surface area contributed by atoms with Gasteiger partial charge in [0.15, 0.2) is 5.96 Å². The maximum atomic E-state index is 4.44. The summed E-state index contributed by atoms with van der Waals surface area (Å²) in [5.74, 6) is 0.905. The van der Waals surface area contributed by atoms with Crippen molar-refractivity contribution in [1.29, 1.82) is 0 Å². The van der Waals surface area contributed by atoms with Crippen LogP contribution < -0.4 is 15.5 Å². The molecule has 2 aromatic rings. The molecule has 0 amide bonds. The fraction of sp³-hybridized carbons (Fsp3) is 0.542. The van der Waals surface area contributed by atoms with Crippen molar-refractivity contribution in [2.45, 2.75) is 51.2 Å². The van der Waals surface area contributed by atoms with Gasteiger partial charge >= 0.3 is 0 Å². The van der Waals surface area contributed by atoms with E-state index < -0.39 is 0 Å². The monoisotopic (exact) mass is 425 g/mol. The van der Waals surface area contributed by atoms with Crippen LogP contribution in [0.25, 0.3) is 0 Å². The van der Waals surface area contributed by atoms with E-state index in [-0.39, 0.29) is 0 Å². The first-order valence-corrected chi connectivity index (χ1v) is 12.2. The zero-order valence-electron chi connectivity index (χ0n) is 18.1. The zero-order valence-corrected chi connectivity index (χ0v) is 19.0.